The Bertz CT molecular complexity index is 105. The lowest BCUT2D eigenvalue weighted by molar-refractivity contribution is -0.121. The van der Waals surface area contributed by atoms with Gasteiger partial charge in [-0.05, 0) is 6.42 Å². The van der Waals surface area contributed by atoms with E-state index in [4.69, 9.17) is 16.6 Å². The maximum absolute atomic E-state index is 10.2. The Kier molecular flexibility index (Phi) is 3.19. The van der Waals surface area contributed by atoms with Gasteiger partial charge >= 0.3 is 0 Å². The van der Waals surface area contributed by atoms with Crippen LogP contribution in [0.3, 0.4) is 0 Å². The van der Waals surface area contributed by atoms with Gasteiger partial charge in [0.05, 0.1) is 6.10 Å². The molecule has 0 aliphatic carbocycles. The van der Waals surface area contributed by atoms with E-state index in [0.717, 1.165) is 0 Å². The second kappa shape index (κ2) is 3.42. The van der Waals surface area contributed by atoms with E-state index in [0.29, 0.717) is 6.42 Å². The van der Waals surface area contributed by atoms with Crippen molar-refractivity contribution in [3.05, 3.63) is 0 Å². The quantitative estimate of drug-likeness (QED) is 0.439. The summed E-state index contributed by atoms with van der Waals surface area (Å²) in [6, 6.07) is -0.921. The first-order valence-corrected chi connectivity index (χ1v) is 2.82. The largest absolute Gasteiger partial charge is 0.391 e. The van der Waals surface area contributed by atoms with Crippen molar-refractivity contribution in [2.75, 3.05) is 0 Å². The summed E-state index contributed by atoms with van der Waals surface area (Å²) in [5, 5.41) is 8.87. The van der Waals surface area contributed by atoms with Crippen LogP contribution in [0.15, 0.2) is 0 Å². The van der Waals surface area contributed by atoms with Crippen LogP contribution in [0.5, 0.6) is 0 Å². The number of rotatable bonds is 3. The molecule has 0 saturated heterocycles. The number of nitrogens with two attached hydrogens (primary N) is 2. The van der Waals surface area contributed by atoms with E-state index in [9.17, 15) is 4.79 Å². The number of amides is 1. The molecule has 1 amide bonds. The van der Waals surface area contributed by atoms with Crippen molar-refractivity contribution in [2.45, 2.75) is 25.5 Å². The Labute approximate surface area is 53.8 Å². The molecule has 0 aromatic rings. The highest BCUT2D eigenvalue weighted by atomic mass is 16.3. The monoisotopic (exact) mass is 132 g/mol. The number of primary amides is 1. The Balaban J connectivity index is 3.72. The van der Waals surface area contributed by atoms with Crippen molar-refractivity contribution in [3.8, 4) is 0 Å². The van der Waals surface area contributed by atoms with Gasteiger partial charge in [0.2, 0.25) is 5.91 Å². The standard InChI is InChI=1S/C5H12N2O2/c1-2-3(8)4(6)5(7)9/h3-4,8H,2,6H2,1H3,(H2,7,9)/t3-,4-/m0/s1. The summed E-state index contributed by atoms with van der Waals surface area (Å²) in [6.07, 6.45) is -0.355. The van der Waals surface area contributed by atoms with Crippen molar-refractivity contribution in [1.29, 1.82) is 0 Å². The molecule has 2 atom stereocenters. The molecule has 0 bridgehead atoms. The Hall–Kier alpha value is -0.610. The van der Waals surface area contributed by atoms with Crippen molar-refractivity contribution in [3.63, 3.8) is 0 Å². The van der Waals surface area contributed by atoms with E-state index < -0.39 is 18.1 Å². The van der Waals surface area contributed by atoms with E-state index in [-0.39, 0.29) is 0 Å². The lowest BCUT2D eigenvalue weighted by Gasteiger charge is -2.12. The maximum Gasteiger partial charge on any atom is 0.237 e. The zero-order chi connectivity index (χ0) is 7.44. The van der Waals surface area contributed by atoms with Gasteiger partial charge < -0.3 is 16.6 Å². The zero-order valence-corrected chi connectivity index (χ0v) is 5.37. The fraction of sp³-hybridized carbons (Fsp3) is 0.800. The van der Waals surface area contributed by atoms with Gasteiger partial charge in [0.1, 0.15) is 6.04 Å². The summed E-state index contributed by atoms with van der Waals surface area (Å²) in [6.45, 7) is 1.73. The fourth-order valence-electron chi connectivity index (χ4n) is 0.444. The van der Waals surface area contributed by atoms with E-state index >= 15 is 0 Å². The fourth-order valence-corrected chi connectivity index (χ4v) is 0.444. The zero-order valence-electron chi connectivity index (χ0n) is 5.37. The Morgan fingerprint density at radius 3 is 2.33 bits per heavy atom. The molecule has 0 rings (SSSR count). The molecule has 0 aromatic heterocycles. The van der Waals surface area contributed by atoms with Crippen LogP contribution in [-0.4, -0.2) is 23.2 Å². The minimum Gasteiger partial charge on any atom is -0.391 e. The summed E-state index contributed by atoms with van der Waals surface area (Å²) in [5.74, 6) is -0.663. The molecule has 0 radical (unpaired) electrons. The third-order valence-corrected chi connectivity index (χ3v) is 1.16. The molecule has 0 aliphatic heterocycles. The molecule has 0 spiro atoms. The van der Waals surface area contributed by atoms with Crippen molar-refractivity contribution in [1.82, 2.24) is 0 Å². The number of carbonyl (C=O) groups excluding carboxylic acids is 1. The first-order valence-electron chi connectivity index (χ1n) is 2.82. The van der Waals surface area contributed by atoms with Crippen LogP contribution in [0.1, 0.15) is 13.3 Å². The molecule has 4 nitrogen and oxygen atoms in total. The van der Waals surface area contributed by atoms with Crippen LogP contribution in [0.4, 0.5) is 0 Å². The summed E-state index contributed by atoms with van der Waals surface area (Å²) in [4.78, 5) is 10.2. The molecule has 0 saturated carbocycles. The van der Waals surface area contributed by atoms with Gasteiger partial charge in [0.25, 0.3) is 0 Å². The Morgan fingerprint density at radius 1 is 1.78 bits per heavy atom. The highest BCUT2D eigenvalue weighted by molar-refractivity contribution is 5.80. The molecule has 0 aromatic carbocycles. The van der Waals surface area contributed by atoms with Gasteiger partial charge in [-0.25, -0.2) is 0 Å². The van der Waals surface area contributed by atoms with Gasteiger partial charge in [-0.2, -0.15) is 0 Å². The van der Waals surface area contributed by atoms with Crippen molar-refractivity contribution in [2.24, 2.45) is 11.5 Å². The molecule has 9 heavy (non-hydrogen) atoms. The average molecular weight is 132 g/mol. The van der Waals surface area contributed by atoms with Gasteiger partial charge in [-0.1, -0.05) is 6.92 Å². The molecule has 0 heterocycles. The van der Waals surface area contributed by atoms with Gasteiger partial charge in [0.15, 0.2) is 0 Å². The minimum absolute atomic E-state index is 0.449. The van der Waals surface area contributed by atoms with Crippen LogP contribution in [0, 0.1) is 0 Å². The normalized spacial score (nSPS) is 16.8. The Morgan fingerprint density at radius 2 is 2.22 bits per heavy atom. The van der Waals surface area contributed by atoms with E-state index in [1.807, 2.05) is 0 Å². The topological polar surface area (TPSA) is 89.3 Å². The average Bonchev–Trinajstić information content (AvgIpc) is 1.84. The number of aliphatic hydroxyl groups excluding tert-OH is 1. The van der Waals surface area contributed by atoms with Crippen LogP contribution >= 0.6 is 0 Å². The smallest absolute Gasteiger partial charge is 0.237 e. The van der Waals surface area contributed by atoms with E-state index in [2.05, 4.69) is 0 Å². The molecule has 54 valence electrons. The lowest BCUT2D eigenvalue weighted by Crippen LogP contribution is -2.45. The predicted octanol–water partition coefficient (Wildman–Crippen LogP) is -1.43. The first kappa shape index (κ1) is 8.39. The number of aliphatic hydroxyl groups is 1. The van der Waals surface area contributed by atoms with Gasteiger partial charge in [-0.15, -0.1) is 0 Å². The highest BCUT2D eigenvalue weighted by Gasteiger charge is 2.17. The predicted molar refractivity (Wildman–Crippen MR) is 33.5 cm³/mol. The molecule has 0 unspecified atom stereocenters. The summed E-state index contributed by atoms with van der Waals surface area (Å²) >= 11 is 0. The second-order valence-corrected chi connectivity index (χ2v) is 1.90. The highest BCUT2D eigenvalue weighted by Crippen LogP contribution is 1.93. The first-order chi connectivity index (χ1) is 4.09. The van der Waals surface area contributed by atoms with E-state index in [1.165, 1.54) is 0 Å². The summed E-state index contributed by atoms with van der Waals surface area (Å²) in [7, 11) is 0. The van der Waals surface area contributed by atoms with Crippen molar-refractivity contribution < 1.29 is 9.90 Å². The number of hydrogen-bond donors (Lipinski definition) is 3. The molecule has 5 N–H and O–H groups in total. The summed E-state index contributed by atoms with van der Waals surface area (Å²) < 4.78 is 0. The lowest BCUT2D eigenvalue weighted by atomic mass is 10.1. The molecule has 0 aliphatic rings. The van der Waals surface area contributed by atoms with Crippen LogP contribution in [0.2, 0.25) is 0 Å². The summed E-state index contributed by atoms with van der Waals surface area (Å²) in [5.41, 5.74) is 9.93. The van der Waals surface area contributed by atoms with E-state index in [1.54, 1.807) is 6.92 Å². The molecule has 4 heteroatoms. The number of carbonyl (C=O) groups is 1. The van der Waals surface area contributed by atoms with Gasteiger partial charge in [0, 0.05) is 0 Å². The minimum atomic E-state index is -0.921. The number of hydrogen-bond acceptors (Lipinski definition) is 3. The SMILES string of the molecule is CC[C@H](O)[C@H](N)C(N)=O. The second-order valence-electron chi connectivity index (χ2n) is 1.90. The third kappa shape index (κ3) is 2.43. The van der Waals surface area contributed by atoms with Crippen LogP contribution in [0.25, 0.3) is 0 Å². The third-order valence-electron chi connectivity index (χ3n) is 1.16. The molecule has 0 fully saturated rings. The molecular weight excluding hydrogens is 120 g/mol. The molecular formula is C5H12N2O2. The van der Waals surface area contributed by atoms with Crippen LogP contribution < -0.4 is 11.5 Å². The van der Waals surface area contributed by atoms with Crippen molar-refractivity contribution >= 4 is 5.91 Å². The van der Waals surface area contributed by atoms with Crippen LogP contribution in [-0.2, 0) is 4.79 Å². The maximum atomic E-state index is 10.2. The van der Waals surface area contributed by atoms with Gasteiger partial charge in [-0.3, -0.25) is 4.79 Å².